The highest BCUT2D eigenvalue weighted by atomic mass is 79.9. The molecule has 3 nitrogen and oxygen atoms in total. The first-order valence-corrected chi connectivity index (χ1v) is 7.06. The fraction of sp³-hybridized carbons (Fsp3) is 0.571. The van der Waals surface area contributed by atoms with Gasteiger partial charge in [0.05, 0.1) is 11.1 Å². The maximum atomic E-state index is 6.02. The molecule has 2 unspecified atom stereocenters. The zero-order valence-corrected chi connectivity index (χ0v) is 12.9. The number of ether oxygens (including phenoxy) is 2. The van der Waals surface area contributed by atoms with Crippen LogP contribution in [0.5, 0.6) is 5.75 Å². The van der Waals surface area contributed by atoms with Crippen molar-refractivity contribution < 1.29 is 9.47 Å². The molecule has 102 valence electrons. The molecule has 0 aromatic heterocycles. The fourth-order valence-electron chi connectivity index (χ4n) is 1.74. The Hall–Kier alpha value is -0.580. The van der Waals surface area contributed by atoms with E-state index in [1.54, 1.807) is 7.11 Å². The van der Waals surface area contributed by atoms with Crippen molar-refractivity contribution in [3.8, 4) is 5.75 Å². The van der Waals surface area contributed by atoms with Gasteiger partial charge in [-0.15, -0.1) is 0 Å². The van der Waals surface area contributed by atoms with E-state index in [1.165, 1.54) is 0 Å². The molecule has 0 amide bonds. The molecule has 18 heavy (non-hydrogen) atoms. The van der Waals surface area contributed by atoms with Gasteiger partial charge in [-0.25, -0.2) is 0 Å². The number of hydrogen-bond acceptors (Lipinski definition) is 3. The second-order valence-corrected chi connectivity index (χ2v) is 5.34. The molecule has 0 aliphatic carbocycles. The molecule has 0 saturated carbocycles. The summed E-state index contributed by atoms with van der Waals surface area (Å²) in [5.74, 6) is 0.881. The van der Waals surface area contributed by atoms with Gasteiger partial charge in [-0.3, -0.25) is 0 Å². The van der Waals surface area contributed by atoms with E-state index in [4.69, 9.17) is 15.2 Å². The molecule has 2 atom stereocenters. The Kier molecular flexibility index (Phi) is 6.68. The topological polar surface area (TPSA) is 44.5 Å². The zero-order chi connectivity index (χ0) is 13.5. The summed E-state index contributed by atoms with van der Waals surface area (Å²) >= 11 is 3.53. The number of para-hydroxylation sites is 1. The van der Waals surface area contributed by atoms with Crippen LogP contribution in [0.1, 0.15) is 25.8 Å². The van der Waals surface area contributed by atoms with Gasteiger partial charge in [0.1, 0.15) is 11.9 Å². The van der Waals surface area contributed by atoms with Gasteiger partial charge in [-0.2, -0.15) is 0 Å². The molecule has 0 radical (unpaired) electrons. The van der Waals surface area contributed by atoms with Crippen LogP contribution in [0.4, 0.5) is 0 Å². The molecule has 4 heteroatoms. The number of nitrogens with two attached hydrogens (primary N) is 1. The predicted octanol–water partition coefficient (Wildman–Crippen LogP) is 3.14. The second kappa shape index (κ2) is 7.77. The van der Waals surface area contributed by atoms with Crippen LogP contribution < -0.4 is 10.5 Å². The minimum atomic E-state index is 0.0188. The molecule has 0 aliphatic heterocycles. The van der Waals surface area contributed by atoms with Crippen LogP contribution in [0.15, 0.2) is 22.7 Å². The number of hydrogen-bond donors (Lipinski definition) is 1. The maximum absolute atomic E-state index is 6.02. The highest BCUT2D eigenvalue weighted by Gasteiger charge is 2.13. The van der Waals surface area contributed by atoms with Crippen LogP contribution in [-0.4, -0.2) is 25.9 Å². The molecule has 0 bridgehead atoms. The molecule has 2 N–H and O–H groups in total. The fourth-order valence-corrected chi connectivity index (χ4v) is 2.24. The van der Waals surface area contributed by atoms with Gasteiger partial charge in [-0.05, 0) is 47.3 Å². The largest absolute Gasteiger partial charge is 0.487 e. The number of benzene rings is 1. The van der Waals surface area contributed by atoms with Crippen molar-refractivity contribution >= 4 is 15.9 Å². The molecule has 1 rings (SSSR count). The van der Waals surface area contributed by atoms with E-state index in [0.29, 0.717) is 6.61 Å². The van der Waals surface area contributed by atoms with Gasteiger partial charge >= 0.3 is 0 Å². The number of rotatable bonds is 7. The van der Waals surface area contributed by atoms with Crippen molar-refractivity contribution in [2.75, 3.05) is 13.7 Å². The van der Waals surface area contributed by atoms with Crippen molar-refractivity contribution in [1.82, 2.24) is 0 Å². The first-order valence-electron chi connectivity index (χ1n) is 6.27. The molecule has 0 saturated heterocycles. The second-order valence-electron chi connectivity index (χ2n) is 4.48. The molecular formula is C14H22BrNO2. The summed E-state index contributed by atoms with van der Waals surface area (Å²) in [5, 5.41) is 0. The summed E-state index contributed by atoms with van der Waals surface area (Å²) in [6.45, 7) is 4.66. The number of methoxy groups -OCH3 is 1. The third-order valence-corrected chi connectivity index (χ3v) is 3.40. The van der Waals surface area contributed by atoms with E-state index >= 15 is 0 Å². The van der Waals surface area contributed by atoms with Gasteiger partial charge in [-0.1, -0.05) is 19.1 Å². The van der Waals surface area contributed by atoms with Crippen molar-refractivity contribution in [2.45, 2.75) is 38.8 Å². The number of halogens is 1. The summed E-state index contributed by atoms with van der Waals surface area (Å²) in [6.07, 6.45) is 1.80. The van der Waals surface area contributed by atoms with Crippen LogP contribution in [0.2, 0.25) is 0 Å². The lowest BCUT2D eigenvalue weighted by atomic mass is 10.0. The van der Waals surface area contributed by atoms with Crippen LogP contribution in [0.3, 0.4) is 0 Å². The summed E-state index contributed by atoms with van der Waals surface area (Å²) in [4.78, 5) is 0. The molecule has 0 aliphatic rings. The van der Waals surface area contributed by atoms with Gasteiger partial charge in [0, 0.05) is 13.2 Å². The molecule has 1 aromatic carbocycles. The lowest BCUT2D eigenvalue weighted by Gasteiger charge is -2.19. The summed E-state index contributed by atoms with van der Waals surface area (Å²) < 4.78 is 12.0. The van der Waals surface area contributed by atoms with E-state index in [-0.39, 0.29) is 12.1 Å². The van der Waals surface area contributed by atoms with Crippen LogP contribution in [0, 0.1) is 0 Å². The van der Waals surface area contributed by atoms with Crippen molar-refractivity contribution in [3.05, 3.63) is 28.2 Å². The summed E-state index contributed by atoms with van der Waals surface area (Å²) in [5.41, 5.74) is 7.16. The average molecular weight is 316 g/mol. The van der Waals surface area contributed by atoms with Crippen molar-refractivity contribution in [1.29, 1.82) is 0 Å². The van der Waals surface area contributed by atoms with Crippen molar-refractivity contribution in [2.24, 2.45) is 5.73 Å². The molecule has 1 aromatic rings. The van der Waals surface area contributed by atoms with Crippen LogP contribution >= 0.6 is 15.9 Å². The van der Waals surface area contributed by atoms with E-state index in [1.807, 2.05) is 19.1 Å². The average Bonchev–Trinajstić information content (AvgIpc) is 2.33. The highest BCUT2D eigenvalue weighted by Crippen LogP contribution is 2.31. The van der Waals surface area contributed by atoms with Crippen LogP contribution in [-0.2, 0) is 11.2 Å². The lowest BCUT2D eigenvalue weighted by molar-refractivity contribution is 0.0908. The third kappa shape index (κ3) is 4.59. The van der Waals surface area contributed by atoms with E-state index in [2.05, 4.69) is 28.9 Å². The normalized spacial score (nSPS) is 14.3. The standard InChI is InChI=1S/C14H22BrNO2/c1-4-12(16)8-11-6-5-7-13(15)14(11)18-10(2)9-17-3/h5-7,10,12H,4,8-9,16H2,1-3H3. The molecular weight excluding hydrogens is 294 g/mol. The van der Waals surface area contributed by atoms with Gasteiger partial charge in [0.25, 0.3) is 0 Å². The Balaban J connectivity index is 2.86. The minimum absolute atomic E-state index is 0.0188. The first kappa shape index (κ1) is 15.5. The lowest BCUT2D eigenvalue weighted by Crippen LogP contribution is -2.23. The Labute approximate surface area is 118 Å². The SMILES string of the molecule is CCC(N)Cc1cccc(Br)c1OC(C)COC. The smallest absolute Gasteiger partial charge is 0.137 e. The maximum Gasteiger partial charge on any atom is 0.137 e. The van der Waals surface area contributed by atoms with E-state index < -0.39 is 0 Å². The zero-order valence-electron chi connectivity index (χ0n) is 11.3. The van der Waals surface area contributed by atoms with Gasteiger partial charge in [0.15, 0.2) is 0 Å². The monoisotopic (exact) mass is 315 g/mol. The van der Waals surface area contributed by atoms with Gasteiger partial charge < -0.3 is 15.2 Å². The quantitative estimate of drug-likeness (QED) is 0.840. The minimum Gasteiger partial charge on any atom is -0.487 e. The molecule has 0 fully saturated rings. The Morgan fingerprint density at radius 2 is 2.11 bits per heavy atom. The Bertz CT molecular complexity index is 371. The van der Waals surface area contributed by atoms with Gasteiger partial charge in [0.2, 0.25) is 0 Å². The van der Waals surface area contributed by atoms with Crippen molar-refractivity contribution in [3.63, 3.8) is 0 Å². The van der Waals surface area contributed by atoms with E-state index in [9.17, 15) is 0 Å². The first-order chi connectivity index (χ1) is 8.58. The molecule has 0 spiro atoms. The van der Waals surface area contributed by atoms with Crippen LogP contribution in [0.25, 0.3) is 0 Å². The predicted molar refractivity (Wildman–Crippen MR) is 78.1 cm³/mol. The summed E-state index contributed by atoms with van der Waals surface area (Å²) in [6, 6.07) is 6.22. The van der Waals surface area contributed by atoms with E-state index in [0.717, 1.165) is 28.6 Å². The third-order valence-electron chi connectivity index (χ3n) is 2.78. The molecule has 0 heterocycles. The Morgan fingerprint density at radius 1 is 1.39 bits per heavy atom. The summed E-state index contributed by atoms with van der Waals surface area (Å²) in [7, 11) is 1.67. The highest BCUT2D eigenvalue weighted by molar-refractivity contribution is 9.10. The Morgan fingerprint density at radius 3 is 2.72 bits per heavy atom.